The smallest absolute Gasteiger partial charge is 0.229 e. The van der Waals surface area contributed by atoms with Crippen LogP contribution in [0.2, 0.25) is 0 Å². The summed E-state index contributed by atoms with van der Waals surface area (Å²) in [5, 5.41) is 2.89. The Balaban J connectivity index is 1.71. The molecule has 0 fully saturated rings. The van der Waals surface area contributed by atoms with Crippen LogP contribution in [0.15, 0.2) is 40.4 Å². The fraction of sp³-hybridized carbons (Fsp3) is 0.0769. The first kappa shape index (κ1) is 12.4. The number of nitrogens with one attached hydrogen (secondary N) is 2. The van der Waals surface area contributed by atoms with Gasteiger partial charge in [-0.1, -0.05) is 0 Å². The average molecular weight is 336 g/mol. The number of hydrogen-bond donors (Lipinski definition) is 2. The monoisotopic (exact) mass is 335 g/mol. The molecular formula is C13H10BrN3OS. The zero-order chi connectivity index (χ0) is 13.2. The Morgan fingerprint density at radius 1 is 1.37 bits per heavy atom. The maximum absolute atomic E-state index is 11.9. The maximum atomic E-state index is 11.9. The summed E-state index contributed by atoms with van der Waals surface area (Å²) in [6.07, 6.45) is 2.02. The first-order valence-corrected chi connectivity index (χ1v) is 7.29. The fourth-order valence-corrected chi connectivity index (χ4v) is 3.31. The lowest BCUT2D eigenvalue weighted by Gasteiger charge is -2.04. The molecule has 4 nitrogen and oxygen atoms in total. The first-order chi connectivity index (χ1) is 9.20. The number of benzene rings is 1. The second kappa shape index (κ2) is 5.14. The highest BCUT2D eigenvalue weighted by Gasteiger charge is 2.07. The molecule has 6 heteroatoms. The number of aromatic nitrogens is 2. The van der Waals surface area contributed by atoms with Gasteiger partial charge in [0.15, 0.2) is 0 Å². The van der Waals surface area contributed by atoms with Crippen LogP contribution in [-0.2, 0) is 11.2 Å². The van der Waals surface area contributed by atoms with Crippen molar-refractivity contribution in [3.05, 3.63) is 45.3 Å². The van der Waals surface area contributed by atoms with Gasteiger partial charge in [0, 0.05) is 10.6 Å². The molecule has 0 spiro atoms. The molecule has 1 amide bonds. The van der Waals surface area contributed by atoms with Crippen LogP contribution in [-0.4, -0.2) is 15.9 Å². The van der Waals surface area contributed by atoms with E-state index < -0.39 is 0 Å². The number of nitrogens with zero attached hydrogens (tertiary/aromatic N) is 1. The van der Waals surface area contributed by atoms with E-state index in [0.29, 0.717) is 6.42 Å². The Morgan fingerprint density at radius 3 is 3.05 bits per heavy atom. The summed E-state index contributed by atoms with van der Waals surface area (Å²) >= 11 is 4.96. The second-order valence-electron chi connectivity index (χ2n) is 4.07. The minimum atomic E-state index is -0.0202. The van der Waals surface area contributed by atoms with Crippen molar-refractivity contribution >= 4 is 49.9 Å². The van der Waals surface area contributed by atoms with Crippen LogP contribution in [0.5, 0.6) is 0 Å². The Bertz CT molecular complexity index is 734. The van der Waals surface area contributed by atoms with Crippen LogP contribution in [0.25, 0.3) is 11.0 Å². The van der Waals surface area contributed by atoms with Crippen molar-refractivity contribution in [1.82, 2.24) is 9.97 Å². The zero-order valence-corrected chi connectivity index (χ0v) is 12.2. The molecule has 0 bridgehead atoms. The molecule has 0 aliphatic heterocycles. The number of hydrogen-bond acceptors (Lipinski definition) is 3. The molecular weight excluding hydrogens is 326 g/mol. The van der Waals surface area contributed by atoms with Gasteiger partial charge in [-0.05, 0) is 46.3 Å². The van der Waals surface area contributed by atoms with E-state index in [0.717, 1.165) is 25.4 Å². The number of fused-ring (bicyclic) bond motifs is 1. The SMILES string of the molecule is O=C(Cc1ccc(Br)s1)Nc1ccc2nc[nH]c2c1. The highest BCUT2D eigenvalue weighted by atomic mass is 79.9. The number of thiophene rings is 1. The maximum Gasteiger partial charge on any atom is 0.229 e. The Labute approximate surface area is 122 Å². The van der Waals surface area contributed by atoms with E-state index in [-0.39, 0.29) is 5.91 Å². The van der Waals surface area contributed by atoms with E-state index in [2.05, 4.69) is 31.2 Å². The largest absolute Gasteiger partial charge is 0.345 e. The zero-order valence-electron chi connectivity index (χ0n) is 9.81. The minimum Gasteiger partial charge on any atom is -0.345 e. The van der Waals surface area contributed by atoms with Crippen LogP contribution < -0.4 is 5.32 Å². The molecule has 96 valence electrons. The molecule has 0 saturated carbocycles. The van der Waals surface area contributed by atoms with Gasteiger partial charge in [-0.3, -0.25) is 4.79 Å². The van der Waals surface area contributed by atoms with Gasteiger partial charge in [0.05, 0.1) is 27.6 Å². The molecule has 0 atom stereocenters. The van der Waals surface area contributed by atoms with E-state index in [4.69, 9.17) is 0 Å². The third kappa shape index (κ3) is 2.85. The molecule has 3 aromatic rings. The van der Waals surface area contributed by atoms with Gasteiger partial charge in [0.25, 0.3) is 0 Å². The van der Waals surface area contributed by atoms with Gasteiger partial charge in [-0.2, -0.15) is 0 Å². The van der Waals surface area contributed by atoms with E-state index in [9.17, 15) is 4.79 Å². The Kier molecular flexibility index (Phi) is 3.35. The number of carbonyl (C=O) groups is 1. The topological polar surface area (TPSA) is 57.8 Å². The molecule has 2 heterocycles. The van der Waals surface area contributed by atoms with E-state index in [1.807, 2.05) is 30.3 Å². The highest BCUT2D eigenvalue weighted by molar-refractivity contribution is 9.11. The number of rotatable bonds is 3. The Morgan fingerprint density at radius 2 is 2.26 bits per heavy atom. The van der Waals surface area contributed by atoms with Crippen molar-refractivity contribution in [3.63, 3.8) is 0 Å². The number of aromatic amines is 1. The molecule has 2 aromatic heterocycles. The van der Waals surface area contributed by atoms with Gasteiger partial charge < -0.3 is 10.3 Å². The van der Waals surface area contributed by atoms with Crippen molar-refractivity contribution < 1.29 is 4.79 Å². The molecule has 0 saturated heterocycles. The van der Waals surface area contributed by atoms with Crippen molar-refractivity contribution in [1.29, 1.82) is 0 Å². The standard InChI is InChI=1S/C13H10BrN3OS/c14-12-4-2-9(19-12)6-13(18)17-8-1-3-10-11(5-8)16-7-15-10/h1-5,7H,6H2,(H,15,16)(H,17,18). The molecule has 0 aliphatic rings. The summed E-state index contributed by atoms with van der Waals surface area (Å²) in [6, 6.07) is 9.51. The summed E-state index contributed by atoms with van der Waals surface area (Å²) in [5.74, 6) is -0.0202. The van der Waals surface area contributed by atoms with Gasteiger partial charge in [0.1, 0.15) is 0 Å². The predicted molar refractivity (Wildman–Crippen MR) is 80.4 cm³/mol. The normalized spacial score (nSPS) is 10.8. The number of anilines is 1. The quantitative estimate of drug-likeness (QED) is 0.768. The lowest BCUT2D eigenvalue weighted by molar-refractivity contribution is -0.115. The third-order valence-corrected chi connectivity index (χ3v) is 4.29. The number of carbonyl (C=O) groups excluding carboxylic acids is 1. The first-order valence-electron chi connectivity index (χ1n) is 5.68. The summed E-state index contributed by atoms with van der Waals surface area (Å²) in [7, 11) is 0. The summed E-state index contributed by atoms with van der Waals surface area (Å²) < 4.78 is 1.04. The number of halogens is 1. The Hall–Kier alpha value is -1.66. The number of imidazole rings is 1. The van der Waals surface area contributed by atoms with Gasteiger partial charge in [-0.25, -0.2) is 4.98 Å². The van der Waals surface area contributed by atoms with Crippen LogP contribution >= 0.6 is 27.3 Å². The summed E-state index contributed by atoms with van der Waals surface area (Å²) in [6.45, 7) is 0. The number of amides is 1. The van der Waals surface area contributed by atoms with Gasteiger partial charge >= 0.3 is 0 Å². The van der Waals surface area contributed by atoms with Crippen molar-refractivity contribution in [2.24, 2.45) is 0 Å². The van der Waals surface area contributed by atoms with Crippen LogP contribution in [0.1, 0.15) is 4.88 Å². The van der Waals surface area contributed by atoms with Crippen molar-refractivity contribution in [2.75, 3.05) is 5.32 Å². The lowest BCUT2D eigenvalue weighted by Crippen LogP contribution is -2.13. The summed E-state index contributed by atoms with van der Waals surface area (Å²) in [5.41, 5.74) is 2.58. The summed E-state index contributed by atoms with van der Waals surface area (Å²) in [4.78, 5) is 20.1. The molecule has 0 aliphatic carbocycles. The van der Waals surface area contributed by atoms with Crippen molar-refractivity contribution in [2.45, 2.75) is 6.42 Å². The fourth-order valence-electron chi connectivity index (χ4n) is 1.82. The highest BCUT2D eigenvalue weighted by Crippen LogP contribution is 2.23. The second-order valence-corrected chi connectivity index (χ2v) is 6.61. The molecule has 1 aromatic carbocycles. The van der Waals surface area contributed by atoms with Crippen LogP contribution in [0, 0.1) is 0 Å². The predicted octanol–water partition coefficient (Wildman–Crippen LogP) is 3.57. The van der Waals surface area contributed by atoms with E-state index >= 15 is 0 Å². The van der Waals surface area contributed by atoms with Crippen molar-refractivity contribution in [3.8, 4) is 0 Å². The third-order valence-electron chi connectivity index (χ3n) is 2.67. The average Bonchev–Trinajstić information content (AvgIpc) is 2.97. The van der Waals surface area contributed by atoms with Gasteiger partial charge in [0.2, 0.25) is 5.91 Å². The molecule has 2 N–H and O–H groups in total. The molecule has 3 rings (SSSR count). The molecule has 19 heavy (non-hydrogen) atoms. The van der Waals surface area contributed by atoms with Gasteiger partial charge in [-0.15, -0.1) is 11.3 Å². The lowest BCUT2D eigenvalue weighted by atomic mass is 10.2. The van der Waals surface area contributed by atoms with E-state index in [1.54, 1.807) is 17.7 Å². The number of H-pyrrole nitrogens is 1. The molecule has 0 unspecified atom stereocenters. The van der Waals surface area contributed by atoms with Crippen LogP contribution in [0.4, 0.5) is 5.69 Å². The molecule has 0 radical (unpaired) electrons. The minimum absolute atomic E-state index is 0.0202. The van der Waals surface area contributed by atoms with E-state index in [1.165, 1.54) is 0 Å². The van der Waals surface area contributed by atoms with Crippen LogP contribution in [0.3, 0.4) is 0 Å².